The molecule has 2 atom stereocenters. The van der Waals surface area contributed by atoms with Crippen molar-refractivity contribution >= 4 is 18.9 Å². The van der Waals surface area contributed by atoms with E-state index in [1.165, 1.54) is 0 Å². The van der Waals surface area contributed by atoms with Gasteiger partial charge in [-0.3, -0.25) is 0 Å². The summed E-state index contributed by atoms with van der Waals surface area (Å²) < 4.78 is 11.8. The van der Waals surface area contributed by atoms with Crippen LogP contribution >= 0.6 is 18.9 Å². The topological polar surface area (TPSA) is 38.7 Å². The second-order valence-corrected chi connectivity index (χ2v) is 10.2. The number of hydrogen-bond acceptors (Lipinski definition) is 4. The van der Waals surface area contributed by atoms with Crippen LogP contribution < -0.4 is 0 Å². The van der Waals surface area contributed by atoms with Gasteiger partial charge in [0.15, 0.2) is 6.29 Å². The molecule has 1 heterocycles. The molecule has 1 rings (SSSR count). The van der Waals surface area contributed by atoms with E-state index in [0.717, 1.165) is 0 Å². The molecule has 5 heteroatoms. The zero-order chi connectivity index (χ0) is 13.4. The number of rotatable bonds is 3. The average molecular weight is 281 g/mol. The molecule has 0 amide bonds. The van der Waals surface area contributed by atoms with Gasteiger partial charge >= 0.3 is 0 Å². The third-order valence-corrected chi connectivity index (χ3v) is 7.28. The van der Waals surface area contributed by atoms with Gasteiger partial charge in [0, 0.05) is 30.0 Å². The predicted molar refractivity (Wildman–Crippen MR) is 76.2 cm³/mol. The van der Waals surface area contributed by atoms with Crippen LogP contribution in [0, 0.1) is 17.8 Å². The largest absolute Gasteiger partial charge is 0.310 e. The summed E-state index contributed by atoms with van der Waals surface area (Å²) in [5.41, 5.74) is 0. The van der Waals surface area contributed by atoms with Crippen molar-refractivity contribution in [2.45, 2.75) is 59.5 Å². The van der Waals surface area contributed by atoms with Gasteiger partial charge in [0.2, 0.25) is 11.7 Å². The van der Waals surface area contributed by atoms with Crippen LogP contribution in [0.25, 0.3) is 0 Å². The van der Waals surface area contributed by atoms with Crippen molar-refractivity contribution in [1.82, 2.24) is 0 Å². The molecule has 0 radical (unpaired) electrons. The van der Waals surface area contributed by atoms with E-state index in [1.54, 1.807) is 0 Å². The zero-order valence-corrected chi connectivity index (χ0v) is 13.4. The van der Waals surface area contributed by atoms with Crippen molar-refractivity contribution < 1.29 is 14.4 Å². The van der Waals surface area contributed by atoms with Gasteiger partial charge in [0.1, 0.15) is 0 Å². The lowest BCUT2D eigenvalue weighted by Gasteiger charge is -2.42. The maximum absolute atomic E-state index is 10.7. The molecule has 1 saturated heterocycles. The van der Waals surface area contributed by atoms with E-state index in [0.29, 0.717) is 0 Å². The molecule has 102 valence electrons. The maximum Gasteiger partial charge on any atom is 0.256 e. The molecule has 17 heavy (non-hydrogen) atoms. The summed E-state index contributed by atoms with van der Waals surface area (Å²) in [7, 11) is 0. The van der Waals surface area contributed by atoms with Crippen LogP contribution in [0.15, 0.2) is 0 Å². The summed E-state index contributed by atoms with van der Waals surface area (Å²) in [5.74, 6) is 0.388. The minimum Gasteiger partial charge on any atom is -0.310 e. The number of thiol groups is 1. The molecule has 3 nitrogen and oxygen atoms in total. The Kier molecular flexibility index (Phi) is 5.31. The molecule has 1 fully saturated rings. The highest BCUT2D eigenvalue weighted by atomic mass is 32.7. The van der Waals surface area contributed by atoms with Gasteiger partial charge in [0.05, 0.1) is 0 Å². The molecule has 0 spiro atoms. The van der Waals surface area contributed by atoms with Crippen LogP contribution in [-0.2, 0) is 9.47 Å². The van der Waals surface area contributed by atoms with Crippen molar-refractivity contribution in [3.8, 4) is 0 Å². The molecular weight excluding hydrogens is 255 g/mol. The zero-order valence-electron chi connectivity index (χ0n) is 11.6. The van der Waals surface area contributed by atoms with Gasteiger partial charge in [-0.15, -0.1) is 0 Å². The minimum absolute atomic E-state index is 0.195. The first-order valence-corrected chi connectivity index (χ1v) is 9.36. The highest BCUT2D eigenvalue weighted by molar-refractivity contribution is 8.51. The lowest BCUT2D eigenvalue weighted by Crippen LogP contribution is -2.45. The summed E-state index contributed by atoms with van der Waals surface area (Å²) in [6.45, 7) is 9.89. The van der Waals surface area contributed by atoms with Crippen molar-refractivity contribution in [3.05, 3.63) is 0 Å². The van der Waals surface area contributed by atoms with E-state index in [9.17, 15) is 4.89 Å². The van der Waals surface area contributed by atoms with Gasteiger partial charge in [-0.1, -0.05) is 41.5 Å². The summed E-state index contributed by atoms with van der Waals surface area (Å²) in [4.78, 5) is 10.7. The molecule has 0 bridgehead atoms. The SMILES string of the molecule is CC(C)C1OC(C(C)C)[P+](O)(S)C(C(C)C)O1. The highest BCUT2D eigenvalue weighted by Gasteiger charge is 2.59. The first-order chi connectivity index (χ1) is 7.67. The summed E-state index contributed by atoms with van der Waals surface area (Å²) in [6.07, 6.45) is -0.234. The van der Waals surface area contributed by atoms with Crippen LogP contribution in [0.1, 0.15) is 41.5 Å². The Morgan fingerprint density at radius 3 is 1.47 bits per heavy atom. The van der Waals surface area contributed by atoms with E-state index >= 15 is 0 Å². The van der Waals surface area contributed by atoms with Crippen molar-refractivity contribution in [2.75, 3.05) is 0 Å². The Bertz CT molecular complexity index is 236. The fraction of sp³-hybridized carbons (Fsp3) is 1.00. The van der Waals surface area contributed by atoms with E-state index in [2.05, 4.69) is 53.8 Å². The fourth-order valence-corrected chi connectivity index (χ4v) is 6.71. The standard InChI is InChI=1S/C12H26O3PS/c1-7(2)10-14-11(8(3)4)16(13,17)12(15-10)9(5)6/h7-13,17H,1-6H3/q+1. The minimum atomic E-state index is -2.50. The first kappa shape index (κ1) is 15.7. The Morgan fingerprint density at radius 1 is 0.882 bits per heavy atom. The summed E-state index contributed by atoms with van der Waals surface area (Å²) in [5, 5.41) is 0. The Labute approximate surface area is 111 Å². The van der Waals surface area contributed by atoms with Crippen LogP contribution in [0.4, 0.5) is 0 Å². The van der Waals surface area contributed by atoms with Crippen LogP contribution in [0.2, 0.25) is 0 Å². The molecule has 0 aromatic carbocycles. The molecule has 2 unspecified atom stereocenters. The molecule has 1 N–H and O–H groups in total. The third-order valence-electron chi connectivity index (χ3n) is 2.98. The van der Waals surface area contributed by atoms with Crippen LogP contribution in [0.5, 0.6) is 0 Å². The molecule has 0 aliphatic carbocycles. The maximum atomic E-state index is 10.7. The highest BCUT2D eigenvalue weighted by Crippen LogP contribution is 2.73. The molecule has 1 aliphatic rings. The number of hydrogen-bond donors (Lipinski definition) is 2. The van der Waals surface area contributed by atoms with Gasteiger partial charge in [-0.05, 0) is 0 Å². The molecule has 0 saturated carbocycles. The monoisotopic (exact) mass is 281 g/mol. The van der Waals surface area contributed by atoms with Crippen molar-refractivity contribution in [1.29, 1.82) is 0 Å². The van der Waals surface area contributed by atoms with E-state index in [4.69, 9.17) is 9.47 Å². The second kappa shape index (κ2) is 5.75. The lowest BCUT2D eigenvalue weighted by molar-refractivity contribution is -0.216. The number of ether oxygens (including phenoxy) is 2. The van der Waals surface area contributed by atoms with Gasteiger partial charge in [-0.25, -0.2) is 4.89 Å². The van der Waals surface area contributed by atoms with Gasteiger partial charge < -0.3 is 9.47 Å². The van der Waals surface area contributed by atoms with E-state index in [1.807, 2.05) is 0 Å². The fourth-order valence-electron chi connectivity index (χ4n) is 2.14. The molecule has 1 aliphatic heterocycles. The first-order valence-electron chi connectivity index (χ1n) is 6.32. The van der Waals surface area contributed by atoms with Crippen molar-refractivity contribution in [3.63, 3.8) is 0 Å². The van der Waals surface area contributed by atoms with E-state index < -0.39 is 6.69 Å². The third kappa shape index (κ3) is 3.36. The molecule has 0 aromatic heterocycles. The van der Waals surface area contributed by atoms with Gasteiger partial charge in [0.25, 0.3) is 6.69 Å². The predicted octanol–water partition coefficient (Wildman–Crippen LogP) is 3.75. The average Bonchev–Trinajstić information content (AvgIpc) is 2.14. The molecular formula is C12H26O3PS+. The Balaban J connectivity index is 2.97. The summed E-state index contributed by atoms with van der Waals surface area (Å²) >= 11 is 4.51. The van der Waals surface area contributed by atoms with E-state index in [-0.39, 0.29) is 35.7 Å². The second-order valence-electron chi connectivity index (χ2n) is 5.85. The normalized spacial score (nSPS) is 39.4. The van der Waals surface area contributed by atoms with Crippen LogP contribution in [-0.4, -0.2) is 22.9 Å². The Hall–Kier alpha value is 0.660. The van der Waals surface area contributed by atoms with Gasteiger partial charge in [-0.2, -0.15) is 0 Å². The Morgan fingerprint density at radius 2 is 1.24 bits per heavy atom. The lowest BCUT2D eigenvalue weighted by atomic mass is 10.2. The van der Waals surface area contributed by atoms with Crippen LogP contribution in [0.3, 0.4) is 0 Å². The quantitative estimate of drug-likeness (QED) is 0.611. The van der Waals surface area contributed by atoms with Crippen molar-refractivity contribution in [2.24, 2.45) is 17.8 Å². The smallest absolute Gasteiger partial charge is 0.256 e. The summed E-state index contributed by atoms with van der Waals surface area (Å²) in [6, 6.07) is 0. The molecule has 0 aromatic rings.